The van der Waals surface area contributed by atoms with Crippen LogP contribution in [0.5, 0.6) is 5.75 Å². The van der Waals surface area contributed by atoms with E-state index in [4.69, 9.17) is 9.26 Å². The van der Waals surface area contributed by atoms with Crippen LogP contribution in [0, 0.1) is 13.8 Å². The van der Waals surface area contributed by atoms with Crippen molar-refractivity contribution in [1.29, 1.82) is 0 Å². The van der Waals surface area contributed by atoms with Gasteiger partial charge in [0.2, 0.25) is 5.91 Å². The molecule has 0 saturated heterocycles. The molecule has 0 aliphatic heterocycles. The number of nitrogens with zero attached hydrogens (tertiary/aromatic N) is 1. The number of anilines is 1. The first-order valence-electron chi connectivity index (χ1n) is 8.02. The molecule has 0 spiro atoms. The number of carbonyl (C=O) groups is 1. The highest BCUT2D eigenvalue weighted by molar-refractivity contribution is 5.92. The molecule has 3 rings (SSSR count). The fourth-order valence-corrected chi connectivity index (χ4v) is 2.54. The normalized spacial score (nSPS) is 10.5. The van der Waals surface area contributed by atoms with E-state index < -0.39 is 0 Å². The number of ether oxygens (including phenoxy) is 1. The molecule has 1 heterocycles. The summed E-state index contributed by atoms with van der Waals surface area (Å²) in [5, 5.41) is 6.92. The van der Waals surface area contributed by atoms with Crippen molar-refractivity contribution >= 4 is 11.6 Å². The SMILES string of the molecule is COc1cccc(-c2cc(CC(=O)Nc3cc(C)ccc3C)no2)c1. The zero-order chi connectivity index (χ0) is 17.8. The third-order valence-electron chi connectivity index (χ3n) is 3.92. The molecule has 25 heavy (non-hydrogen) atoms. The first-order valence-corrected chi connectivity index (χ1v) is 8.02. The van der Waals surface area contributed by atoms with E-state index in [2.05, 4.69) is 10.5 Å². The van der Waals surface area contributed by atoms with Crippen LogP contribution >= 0.6 is 0 Å². The van der Waals surface area contributed by atoms with Gasteiger partial charge in [-0.3, -0.25) is 4.79 Å². The Morgan fingerprint density at radius 1 is 1.16 bits per heavy atom. The van der Waals surface area contributed by atoms with E-state index in [1.807, 2.05) is 56.3 Å². The van der Waals surface area contributed by atoms with E-state index in [9.17, 15) is 4.79 Å². The van der Waals surface area contributed by atoms with Crippen LogP contribution in [0.3, 0.4) is 0 Å². The summed E-state index contributed by atoms with van der Waals surface area (Å²) >= 11 is 0. The first-order chi connectivity index (χ1) is 12.0. The molecule has 0 saturated carbocycles. The number of rotatable bonds is 5. The Balaban J connectivity index is 1.70. The Hall–Kier alpha value is -3.08. The Bertz CT molecular complexity index is 899. The average Bonchev–Trinajstić information content (AvgIpc) is 3.06. The maximum atomic E-state index is 12.3. The van der Waals surface area contributed by atoms with E-state index >= 15 is 0 Å². The maximum Gasteiger partial charge on any atom is 0.230 e. The Kier molecular flexibility index (Phi) is 4.84. The van der Waals surface area contributed by atoms with Gasteiger partial charge in [0.25, 0.3) is 0 Å². The van der Waals surface area contributed by atoms with Gasteiger partial charge in [-0.25, -0.2) is 0 Å². The summed E-state index contributed by atoms with van der Waals surface area (Å²) in [5.74, 6) is 1.22. The fourth-order valence-electron chi connectivity index (χ4n) is 2.54. The molecule has 1 amide bonds. The number of aromatic nitrogens is 1. The van der Waals surface area contributed by atoms with Crippen LogP contribution in [0.2, 0.25) is 0 Å². The lowest BCUT2D eigenvalue weighted by atomic mass is 10.1. The third-order valence-corrected chi connectivity index (χ3v) is 3.92. The minimum atomic E-state index is -0.126. The predicted molar refractivity (Wildman–Crippen MR) is 96.7 cm³/mol. The number of amides is 1. The van der Waals surface area contributed by atoms with Crippen molar-refractivity contribution in [3.8, 4) is 17.1 Å². The van der Waals surface area contributed by atoms with Gasteiger partial charge >= 0.3 is 0 Å². The summed E-state index contributed by atoms with van der Waals surface area (Å²) in [6.07, 6.45) is 0.154. The number of benzene rings is 2. The number of carbonyl (C=O) groups excluding carboxylic acids is 1. The molecule has 0 radical (unpaired) electrons. The second-order valence-corrected chi connectivity index (χ2v) is 5.96. The lowest BCUT2D eigenvalue weighted by Crippen LogP contribution is -2.15. The Morgan fingerprint density at radius 2 is 2.00 bits per heavy atom. The van der Waals surface area contributed by atoms with Gasteiger partial charge in [0, 0.05) is 17.3 Å². The van der Waals surface area contributed by atoms with Gasteiger partial charge in [0.15, 0.2) is 5.76 Å². The molecule has 0 fully saturated rings. The van der Waals surface area contributed by atoms with Crippen molar-refractivity contribution in [2.45, 2.75) is 20.3 Å². The van der Waals surface area contributed by atoms with Crippen molar-refractivity contribution in [2.75, 3.05) is 12.4 Å². The molecule has 1 aromatic heterocycles. The van der Waals surface area contributed by atoms with Crippen molar-refractivity contribution in [1.82, 2.24) is 5.16 Å². The Morgan fingerprint density at radius 3 is 2.80 bits per heavy atom. The molecule has 128 valence electrons. The van der Waals surface area contributed by atoms with Gasteiger partial charge in [0.05, 0.1) is 19.2 Å². The van der Waals surface area contributed by atoms with Crippen LogP contribution in [0.4, 0.5) is 5.69 Å². The minimum Gasteiger partial charge on any atom is -0.497 e. The average molecular weight is 336 g/mol. The summed E-state index contributed by atoms with van der Waals surface area (Å²) in [6.45, 7) is 3.96. The van der Waals surface area contributed by atoms with Gasteiger partial charge in [-0.05, 0) is 43.2 Å². The smallest absolute Gasteiger partial charge is 0.230 e. The summed E-state index contributed by atoms with van der Waals surface area (Å²) in [7, 11) is 1.61. The summed E-state index contributed by atoms with van der Waals surface area (Å²) in [4.78, 5) is 12.3. The lowest BCUT2D eigenvalue weighted by Gasteiger charge is -2.08. The molecule has 2 aromatic carbocycles. The quantitative estimate of drug-likeness (QED) is 0.760. The summed E-state index contributed by atoms with van der Waals surface area (Å²) in [6, 6.07) is 15.2. The van der Waals surface area contributed by atoms with E-state index in [1.54, 1.807) is 13.2 Å². The molecule has 0 aliphatic carbocycles. The van der Waals surface area contributed by atoms with E-state index in [0.29, 0.717) is 11.5 Å². The van der Waals surface area contributed by atoms with E-state index in [1.165, 1.54) is 0 Å². The van der Waals surface area contributed by atoms with Crippen molar-refractivity contribution < 1.29 is 14.1 Å². The number of nitrogens with one attached hydrogen (secondary N) is 1. The van der Waals surface area contributed by atoms with Gasteiger partial charge in [-0.2, -0.15) is 0 Å². The van der Waals surface area contributed by atoms with Gasteiger partial charge in [-0.15, -0.1) is 0 Å². The highest BCUT2D eigenvalue weighted by atomic mass is 16.5. The first kappa shape index (κ1) is 16.8. The van der Waals surface area contributed by atoms with Crippen molar-refractivity contribution in [3.05, 3.63) is 65.4 Å². The van der Waals surface area contributed by atoms with Crippen LogP contribution in [0.15, 0.2) is 53.1 Å². The van der Waals surface area contributed by atoms with Crippen LogP contribution in [-0.4, -0.2) is 18.2 Å². The van der Waals surface area contributed by atoms with Crippen molar-refractivity contribution in [3.63, 3.8) is 0 Å². The molecule has 0 bridgehead atoms. The standard InChI is InChI=1S/C20H20N2O3/c1-13-7-8-14(2)18(9-13)21-20(23)12-16-11-19(25-22-16)15-5-4-6-17(10-15)24-3/h4-11H,12H2,1-3H3,(H,21,23). The van der Waals surface area contributed by atoms with Crippen LogP contribution in [-0.2, 0) is 11.2 Å². The van der Waals surface area contributed by atoms with Crippen LogP contribution in [0.25, 0.3) is 11.3 Å². The fraction of sp³-hybridized carbons (Fsp3) is 0.200. The second kappa shape index (κ2) is 7.21. The van der Waals surface area contributed by atoms with E-state index in [0.717, 1.165) is 28.1 Å². The topological polar surface area (TPSA) is 64.4 Å². The molecular weight excluding hydrogens is 316 g/mol. The second-order valence-electron chi connectivity index (χ2n) is 5.96. The van der Waals surface area contributed by atoms with Crippen molar-refractivity contribution in [2.24, 2.45) is 0 Å². The molecule has 0 unspecified atom stereocenters. The number of aryl methyl sites for hydroxylation is 2. The Labute approximate surface area is 146 Å². The highest BCUT2D eigenvalue weighted by Gasteiger charge is 2.12. The largest absolute Gasteiger partial charge is 0.497 e. The lowest BCUT2D eigenvalue weighted by molar-refractivity contribution is -0.115. The number of hydrogen-bond acceptors (Lipinski definition) is 4. The zero-order valence-electron chi connectivity index (χ0n) is 14.5. The molecule has 3 aromatic rings. The van der Waals surface area contributed by atoms with E-state index in [-0.39, 0.29) is 12.3 Å². The van der Waals surface area contributed by atoms with Gasteiger partial charge in [-0.1, -0.05) is 29.4 Å². The molecule has 1 N–H and O–H groups in total. The predicted octanol–water partition coefficient (Wildman–Crippen LogP) is 4.15. The summed E-state index contributed by atoms with van der Waals surface area (Å²) < 4.78 is 10.6. The maximum absolute atomic E-state index is 12.3. The molecule has 0 aliphatic rings. The third kappa shape index (κ3) is 4.07. The summed E-state index contributed by atoms with van der Waals surface area (Å²) in [5.41, 5.74) is 4.38. The number of hydrogen-bond donors (Lipinski definition) is 1. The van der Waals surface area contributed by atoms with Gasteiger partial charge < -0.3 is 14.6 Å². The molecular formula is C20H20N2O3. The monoisotopic (exact) mass is 336 g/mol. The zero-order valence-corrected chi connectivity index (χ0v) is 14.5. The number of methoxy groups -OCH3 is 1. The molecule has 5 heteroatoms. The minimum absolute atomic E-state index is 0.126. The molecule has 0 atom stereocenters. The highest BCUT2D eigenvalue weighted by Crippen LogP contribution is 2.24. The van der Waals surface area contributed by atoms with Crippen LogP contribution < -0.4 is 10.1 Å². The molecule has 5 nitrogen and oxygen atoms in total. The van der Waals surface area contributed by atoms with Gasteiger partial charge in [0.1, 0.15) is 5.75 Å². The van der Waals surface area contributed by atoms with Crippen LogP contribution in [0.1, 0.15) is 16.8 Å².